The van der Waals surface area contributed by atoms with E-state index in [9.17, 15) is 9.18 Å². The van der Waals surface area contributed by atoms with Crippen LogP contribution < -0.4 is 15.8 Å². The molecular weight excluding hydrogens is 381 g/mol. The molecule has 0 atom stereocenters. The second-order valence-electron chi connectivity index (χ2n) is 8.28. The average molecular weight is 407 g/mol. The van der Waals surface area contributed by atoms with Gasteiger partial charge in [-0.2, -0.15) is 0 Å². The summed E-state index contributed by atoms with van der Waals surface area (Å²) in [6.07, 6.45) is 3.12. The number of anilines is 2. The van der Waals surface area contributed by atoms with E-state index in [1.54, 1.807) is 0 Å². The van der Waals surface area contributed by atoms with Gasteiger partial charge in [-0.1, -0.05) is 12.1 Å². The minimum Gasteiger partial charge on any atom is -0.384 e. The fourth-order valence-corrected chi connectivity index (χ4v) is 4.64. The Morgan fingerprint density at radius 1 is 1.17 bits per heavy atom. The predicted octanol–water partition coefficient (Wildman–Crippen LogP) is 3.05. The van der Waals surface area contributed by atoms with Crippen molar-refractivity contribution in [2.45, 2.75) is 26.3 Å². The van der Waals surface area contributed by atoms with Crippen LogP contribution in [0.4, 0.5) is 15.9 Å². The number of pyridine rings is 2. The highest BCUT2D eigenvalue weighted by molar-refractivity contribution is 5.93. The molecule has 4 heterocycles. The number of halogens is 1. The van der Waals surface area contributed by atoms with E-state index in [1.165, 1.54) is 17.8 Å². The molecule has 2 N–H and O–H groups in total. The topological polar surface area (TPSA) is 64.3 Å². The van der Waals surface area contributed by atoms with Gasteiger partial charge < -0.3 is 15.2 Å². The minimum absolute atomic E-state index is 0.0256. The fraction of sp³-hybridized carbons (Fsp3) is 0.391. The van der Waals surface area contributed by atoms with Gasteiger partial charge in [0, 0.05) is 50.2 Å². The Morgan fingerprint density at radius 2 is 2.00 bits per heavy atom. The molecule has 7 heteroatoms. The summed E-state index contributed by atoms with van der Waals surface area (Å²) < 4.78 is 13.3. The molecule has 1 saturated heterocycles. The van der Waals surface area contributed by atoms with Crippen LogP contribution in [0.2, 0.25) is 0 Å². The van der Waals surface area contributed by atoms with Crippen LogP contribution in [0.5, 0.6) is 0 Å². The van der Waals surface area contributed by atoms with Gasteiger partial charge in [-0.05, 0) is 43.0 Å². The lowest BCUT2D eigenvalue weighted by atomic mass is 10.0. The molecule has 2 aromatic heterocycles. The van der Waals surface area contributed by atoms with Crippen LogP contribution in [0.3, 0.4) is 0 Å². The minimum atomic E-state index is -0.291. The van der Waals surface area contributed by atoms with Gasteiger partial charge in [-0.15, -0.1) is 0 Å². The maximum atomic E-state index is 13.3. The summed E-state index contributed by atoms with van der Waals surface area (Å²) in [7, 11) is 0. The number of aromatic nitrogens is 2. The summed E-state index contributed by atoms with van der Waals surface area (Å²) in [5, 5.41) is 4.50. The summed E-state index contributed by atoms with van der Waals surface area (Å²) in [6, 6.07) is 7.93. The van der Waals surface area contributed by atoms with Crippen molar-refractivity contribution in [3.05, 3.63) is 63.3 Å². The first-order valence-electron chi connectivity index (χ1n) is 10.6. The third-order valence-electron chi connectivity index (χ3n) is 6.18. The maximum Gasteiger partial charge on any atom is 0.253 e. The summed E-state index contributed by atoms with van der Waals surface area (Å²) in [5.41, 5.74) is 4.87. The largest absolute Gasteiger partial charge is 0.384 e. The third kappa shape index (κ3) is 3.54. The zero-order chi connectivity index (χ0) is 20.7. The van der Waals surface area contributed by atoms with Crippen LogP contribution in [0.25, 0.3) is 10.9 Å². The molecule has 0 amide bonds. The molecule has 1 aromatic carbocycles. The van der Waals surface area contributed by atoms with Crippen molar-refractivity contribution in [1.82, 2.24) is 14.9 Å². The molecule has 0 bridgehead atoms. The lowest BCUT2D eigenvalue weighted by molar-refractivity contribution is 0.249. The van der Waals surface area contributed by atoms with E-state index in [-0.39, 0.29) is 11.4 Å². The molecule has 6 nitrogen and oxygen atoms in total. The summed E-state index contributed by atoms with van der Waals surface area (Å²) >= 11 is 0. The second-order valence-corrected chi connectivity index (χ2v) is 8.28. The summed E-state index contributed by atoms with van der Waals surface area (Å²) in [6.45, 7) is 7.22. The van der Waals surface area contributed by atoms with E-state index >= 15 is 0 Å². The normalized spacial score (nSPS) is 17.1. The molecule has 0 spiro atoms. The van der Waals surface area contributed by atoms with Gasteiger partial charge in [0.1, 0.15) is 11.6 Å². The predicted molar refractivity (Wildman–Crippen MR) is 118 cm³/mol. The first kappa shape index (κ1) is 19.1. The second kappa shape index (κ2) is 7.72. The molecule has 156 valence electrons. The van der Waals surface area contributed by atoms with Crippen molar-refractivity contribution >= 4 is 22.4 Å². The molecule has 5 rings (SSSR count). The highest BCUT2D eigenvalue weighted by Crippen LogP contribution is 2.28. The molecule has 2 aliphatic heterocycles. The van der Waals surface area contributed by atoms with E-state index < -0.39 is 0 Å². The van der Waals surface area contributed by atoms with E-state index in [0.717, 1.165) is 85.6 Å². The van der Waals surface area contributed by atoms with E-state index in [0.29, 0.717) is 0 Å². The van der Waals surface area contributed by atoms with Gasteiger partial charge in [0.05, 0.1) is 17.4 Å². The smallest absolute Gasteiger partial charge is 0.253 e. The first-order chi connectivity index (χ1) is 14.6. The van der Waals surface area contributed by atoms with Crippen molar-refractivity contribution in [2.24, 2.45) is 0 Å². The van der Waals surface area contributed by atoms with Crippen molar-refractivity contribution in [2.75, 3.05) is 42.9 Å². The van der Waals surface area contributed by atoms with E-state index in [4.69, 9.17) is 0 Å². The number of hydrogen-bond donors (Lipinski definition) is 2. The number of rotatable bonds is 3. The van der Waals surface area contributed by atoms with Gasteiger partial charge in [0.25, 0.3) is 5.56 Å². The Bertz CT molecular complexity index is 1150. The molecule has 0 aliphatic carbocycles. The maximum absolute atomic E-state index is 13.3. The van der Waals surface area contributed by atoms with E-state index in [1.807, 2.05) is 6.92 Å². The van der Waals surface area contributed by atoms with Crippen LogP contribution in [-0.4, -0.2) is 47.6 Å². The number of H-pyrrole nitrogens is 1. The van der Waals surface area contributed by atoms with Gasteiger partial charge >= 0.3 is 0 Å². The number of aryl methyl sites for hydroxylation is 1. The lowest BCUT2D eigenvalue weighted by Gasteiger charge is -2.36. The van der Waals surface area contributed by atoms with E-state index in [2.05, 4.69) is 43.3 Å². The Hall–Kier alpha value is -2.93. The van der Waals surface area contributed by atoms with Crippen LogP contribution in [0.1, 0.15) is 23.1 Å². The molecule has 2 aliphatic rings. The highest BCUT2D eigenvalue weighted by Gasteiger charge is 2.20. The number of aromatic amines is 1. The molecule has 3 aromatic rings. The molecular formula is C23H26FN5O. The Balaban J connectivity index is 1.30. The first-order valence-corrected chi connectivity index (χ1v) is 10.6. The zero-order valence-electron chi connectivity index (χ0n) is 17.2. The molecule has 30 heavy (non-hydrogen) atoms. The van der Waals surface area contributed by atoms with Crippen molar-refractivity contribution < 1.29 is 4.39 Å². The standard InChI is InChI=1S/C23H26FN5O/c1-15-11-17(24)13-26-22(15)29-9-7-28(8-10-29)14-16-4-5-18-20(12-16)27-23(30)19-3-2-6-25-21(18)19/h4-5,11-13,25H,2-3,6-10,14H2,1H3,(H,27,30). The summed E-state index contributed by atoms with van der Waals surface area (Å²) in [5.74, 6) is 0.581. The molecule has 0 saturated carbocycles. The number of nitrogens with zero attached hydrogens (tertiary/aromatic N) is 3. The Labute approximate surface area is 174 Å². The quantitative estimate of drug-likeness (QED) is 0.699. The number of fused-ring (bicyclic) bond motifs is 3. The van der Waals surface area contributed by atoms with Gasteiger partial charge in [0.15, 0.2) is 0 Å². The van der Waals surface area contributed by atoms with Gasteiger partial charge in [-0.3, -0.25) is 9.69 Å². The number of hydrogen-bond acceptors (Lipinski definition) is 5. The average Bonchev–Trinajstić information content (AvgIpc) is 2.75. The van der Waals surface area contributed by atoms with Gasteiger partial charge in [0.2, 0.25) is 0 Å². The van der Waals surface area contributed by atoms with Crippen LogP contribution in [0.15, 0.2) is 35.3 Å². The number of nitrogens with one attached hydrogen (secondary N) is 2. The Morgan fingerprint density at radius 3 is 2.80 bits per heavy atom. The van der Waals surface area contributed by atoms with Crippen molar-refractivity contribution in [3.63, 3.8) is 0 Å². The van der Waals surface area contributed by atoms with Crippen molar-refractivity contribution in [1.29, 1.82) is 0 Å². The van der Waals surface area contributed by atoms with Crippen LogP contribution >= 0.6 is 0 Å². The number of benzene rings is 1. The van der Waals surface area contributed by atoms with Crippen LogP contribution in [-0.2, 0) is 13.0 Å². The number of piperazine rings is 1. The molecule has 1 fully saturated rings. The summed E-state index contributed by atoms with van der Waals surface area (Å²) in [4.78, 5) is 24.4. The lowest BCUT2D eigenvalue weighted by Crippen LogP contribution is -2.46. The van der Waals surface area contributed by atoms with Gasteiger partial charge in [-0.25, -0.2) is 9.37 Å². The zero-order valence-corrected chi connectivity index (χ0v) is 17.2. The monoisotopic (exact) mass is 407 g/mol. The highest BCUT2D eigenvalue weighted by atomic mass is 19.1. The Kier molecular flexibility index (Phi) is 4.90. The third-order valence-corrected chi connectivity index (χ3v) is 6.18. The SMILES string of the molecule is Cc1cc(F)cnc1N1CCN(Cc2ccc3c4c(c(=O)[nH]c3c2)CCCN4)CC1. The molecule has 0 radical (unpaired) electrons. The van der Waals surface area contributed by atoms with Crippen molar-refractivity contribution in [3.8, 4) is 0 Å². The van der Waals surface area contributed by atoms with Crippen LogP contribution in [0, 0.1) is 12.7 Å². The molecule has 0 unspecified atom stereocenters. The fourth-order valence-electron chi connectivity index (χ4n) is 4.64.